The van der Waals surface area contributed by atoms with Crippen LogP contribution in [0.2, 0.25) is 0 Å². The van der Waals surface area contributed by atoms with Crippen LogP contribution in [-0.2, 0) is 9.53 Å². The van der Waals surface area contributed by atoms with Gasteiger partial charge in [0.05, 0.1) is 32.0 Å². The van der Waals surface area contributed by atoms with Crippen LogP contribution < -0.4 is 14.9 Å². The van der Waals surface area contributed by atoms with E-state index in [4.69, 9.17) is 4.74 Å². The van der Waals surface area contributed by atoms with Gasteiger partial charge in [0.1, 0.15) is 11.6 Å². The predicted octanol–water partition coefficient (Wildman–Crippen LogP) is 3.85. The van der Waals surface area contributed by atoms with Crippen molar-refractivity contribution in [1.82, 2.24) is 4.57 Å². The summed E-state index contributed by atoms with van der Waals surface area (Å²) < 4.78 is 22.2. The molecule has 2 aromatic carbocycles. The molecule has 0 saturated carbocycles. The first-order valence-electron chi connectivity index (χ1n) is 9.84. The third-order valence-electron chi connectivity index (χ3n) is 5.05. The maximum absolute atomic E-state index is 13.6. The van der Waals surface area contributed by atoms with E-state index in [1.807, 2.05) is 28.7 Å². The molecule has 0 unspecified atom stereocenters. The topological polar surface area (TPSA) is 80.9 Å². The average molecular weight is 690 g/mol. The molecule has 1 aliphatic rings. The Balaban J connectivity index is 1.98. The summed E-state index contributed by atoms with van der Waals surface area (Å²) in [4.78, 5) is 31.3. The Kier molecular flexibility index (Phi) is 7.05. The van der Waals surface area contributed by atoms with Crippen molar-refractivity contribution in [2.45, 2.75) is 19.9 Å². The van der Waals surface area contributed by atoms with Crippen molar-refractivity contribution in [2.24, 2.45) is 4.99 Å². The molecule has 10 heteroatoms. The minimum Gasteiger partial charge on any atom is -0.506 e. The molecule has 0 radical (unpaired) electrons. The molecule has 0 fully saturated rings. The smallest absolute Gasteiger partial charge is 0.338 e. The summed E-state index contributed by atoms with van der Waals surface area (Å²) in [5, 5.41) is 10.5. The molecule has 33 heavy (non-hydrogen) atoms. The van der Waals surface area contributed by atoms with Crippen LogP contribution in [0.1, 0.15) is 31.0 Å². The first-order chi connectivity index (χ1) is 15.7. The zero-order chi connectivity index (χ0) is 23.9. The fourth-order valence-electron chi connectivity index (χ4n) is 3.59. The van der Waals surface area contributed by atoms with Crippen molar-refractivity contribution in [3.8, 4) is 5.75 Å². The standard InChI is InChI=1S/C23H17FI2N2O4S/c1-3-32-22(31)18-11(2)27-23-28(19(18)12-4-6-14(24)7-5-12)21(30)17(33-23)9-13-8-15(25)10-16(26)20(13)29/h4-10,19,29H,3H2,1-2H3/b17-9-/t19-/m0/s1. The molecule has 0 bridgehead atoms. The number of hydrogen-bond donors (Lipinski definition) is 1. The fraction of sp³-hybridized carbons (Fsp3) is 0.174. The van der Waals surface area contributed by atoms with Crippen molar-refractivity contribution in [3.05, 3.63) is 91.4 Å². The number of carbonyl (C=O) groups excluding carboxylic acids is 1. The van der Waals surface area contributed by atoms with Crippen LogP contribution >= 0.6 is 56.5 Å². The second-order valence-corrected chi connectivity index (χ2v) is 10.6. The Bertz CT molecular complexity index is 1480. The number of esters is 1. The van der Waals surface area contributed by atoms with E-state index >= 15 is 0 Å². The lowest BCUT2D eigenvalue weighted by Crippen LogP contribution is -2.39. The zero-order valence-electron chi connectivity index (χ0n) is 17.4. The minimum atomic E-state index is -0.812. The van der Waals surface area contributed by atoms with Crippen LogP contribution in [0.3, 0.4) is 0 Å². The monoisotopic (exact) mass is 690 g/mol. The van der Waals surface area contributed by atoms with E-state index in [2.05, 4.69) is 27.6 Å². The lowest BCUT2D eigenvalue weighted by Gasteiger charge is -2.24. The number of thiazole rings is 1. The highest BCUT2D eigenvalue weighted by atomic mass is 127. The molecule has 3 aromatic rings. The minimum absolute atomic E-state index is 0.0836. The van der Waals surface area contributed by atoms with Gasteiger partial charge in [-0.3, -0.25) is 9.36 Å². The largest absolute Gasteiger partial charge is 0.506 e. The third kappa shape index (κ3) is 4.64. The molecule has 0 amide bonds. The first-order valence-corrected chi connectivity index (χ1v) is 12.8. The quantitative estimate of drug-likeness (QED) is 0.334. The summed E-state index contributed by atoms with van der Waals surface area (Å²) in [5.41, 5.74) is 1.37. The van der Waals surface area contributed by atoms with Crippen LogP contribution in [0.4, 0.5) is 4.39 Å². The second-order valence-electron chi connectivity index (χ2n) is 7.18. The molecule has 0 spiro atoms. The molecule has 170 valence electrons. The van der Waals surface area contributed by atoms with E-state index in [1.165, 1.54) is 16.7 Å². The molecule has 2 heterocycles. The number of nitrogens with zero attached hydrogens (tertiary/aromatic N) is 2. The number of carbonyl (C=O) groups is 1. The van der Waals surface area contributed by atoms with Crippen molar-refractivity contribution in [3.63, 3.8) is 0 Å². The number of ether oxygens (including phenoxy) is 1. The number of halogens is 3. The predicted molar refractivity (Wildman–Crippen MR) is 140 cm³/mol. The number of aromatic nitrogens is 1. The highest BCUT2D eigenvalue weighted by Gasteiger charge is 2.33. The van der Waals surface area contributed by atoms with Gasteiger partial charge < -0.3 is 9.84 Å². The van der Waals surface area contributed by atoms with Crippen molar-refractivity contribution >= 4 is 68.6 Å². The first kappa shape index (κ1) is 24.1. The number of hydrogen-bond acceptors (Lipinski definition) is 6. The maximum atomic E-state index is 13.6. The summed E-state index contributed by atoms with van der Waals surface area (Å²) >= 11 is 5.34. The van der Waals surface area contributed by atoms with E-state index in [1.54, 1.807) is 38.1 Å². The Morgan fingerprint density at radius 2 is 2.00 bits per heavy atom. The van der Waals surface area contributed by atoms with Gasteiger partial charge in [-0.25, -0.2) is 14.2 Å². The zero-order valence-corrected chi connectivity index (χ0v) is 22.6. The van der Waals surface area contributed by atoms with Gasteiger partial charge in [-0.1, -0.05) is 23.5 Å². The molecule has 0 aliphatic carbocycles. The van der Waals surface area contributed by atoms with Gasteiger partial charge in [0, 0.05) is 9.13 Å². The lowest BCUT2D eigenvalue weighted by molar-refractivity contribution is -0.139. The van der Waals surface area contributed by atoms with Gasteiger partial charge in [0.2, 0.25) is 0 Å². The molecule has 1 N–H and O–H groups in total. The SMILES string of the molecule is CCOC(=O)C1=C(C)N=c2s/c(=C\c3cc(I)cc(I)c3O)c(=O)n2[C@H]1c1ccc(F)cc1. The van der Waals surface area contributed by atoms with E-state index < -0.39 is 17.8 Å². The molecular weight excluding hydrogens is 673 g/mol. The number of phenols is 1. The second kappa shape index (κ2) is 9.66. The highest BCUT2D eigenvalue weighted by Crippen LogP contribution is 2.31. The van der Waals surface area contributed by atoms with Crippen LogP contribution in [0.15, 0.2) is 57.5 Å². The summed E-state index contributed by atoms with van der Waals surface area (Å²) in [6.45, 7) is 3.55. The number of benzene rings is 2. The Hall–Kier alpha value is -2.06. The average Bonchev–Trinajstić information content (AvgIpc) is 3.06. The van der Waals surface area contributed by atoms with Gasteiger partial charge in [0.15, 0.2) is 4.80 Å². The van der Waals surface area contributed by atoms with Gasteiger partial charge in [0.25, 0.3) is 5.56 Å². The van der Waals surface area contributed by atoms with Gasteiger partial charge in [-0.2, -0.15) is 0 Å². The van der Waals surface area contributed by atoms with E-state index in [0.29, 0.717) is 29.7 Å². The lowest BCUT2D eigenvalue weighted by atomic mass is 9.96. The molecule has 1 aliphatic heterocycles. The summed E-state index contributed by atoms with van der Waals surface area (Å²) in [7, 11) is 0. The number of fused-ring (bicyclic) bond motifs is 1. The maximum Gasteiger partial charge on any atom is 0.338 e. The Labute approximate surface area is 219 Å². The molecule has 1 aromatic heterocycles. The van der Waals surface area contributed by atoms with E-state index in [-0.39, 0.29) is 23.5 Å². The van der Waals surface area contributed by atoms with Crippen LogP contribution in [0.25, 0.3) is 6.08 Å². The highest BCUT2D eigenvalue weighted by molar-refractivity contribution is 14.1. The van der Waals surface area contributed by atoms with Crippen molar-refractivity contribution in [2.75, 3.05) is 6.61 Å². The summed E-state index contributed by atoms with van der Waals surface area (Å²) in [6, 6.07) is 8.46. The van der Waals surface area contributed by atoms with E-state index in [9.17, 15) is 19.1 Å². The molecule has 0 saturated heterocycles. The van der Waals surface area contributed by atoms with Crippen molar-refractivity contribution < 1.29 is 19.0 Å². The van der Waals surface area contributed by atoms with E-state index in [0.717, 1.165) is 14.9 Å². The molecule has 1 atom stereocenters. The third-order valence-corrected chi connectivity index (χ3v) is 7.48. The normalized spacial score (nSPS) is 15.9. The van der Waals surface area contributed by atoms with Gasteiger partial charge in [-0.05, 0) is 94.9 Å². The van der Waals surface area contributed by atoms with Crippen LogP contribution in [0.5, 0.6) is 5.75 Å². The summed E-state index contributed by atoms with van der Waals surface area (Å²) in [6.07, 6.45) is 1.62. The molecular formula is C23H17FI2N2O4S. The van der Waals surface area contributed by atoms with Gasteiger partial charge >= 0.3 is 5.97 Å². The molecule has 4 rings (SSSR count). The fourth-order valence-corrected chi connectivity index (χ4v) is 6.52. The van der Waals surface area contributed by atoms with Crippen LogP contribution in [-0.4, -0.2) is 22.2 Å². The summed E-state index contributed by atoms with van der Waals surface area (Å²) in [5.74, 6) is -0.916. The Morgan fingerprint density at radius 3 is 2.67 bits per heavy atom. The number of phenolic OH excluding ortho intramolecular Hbond substituents is 1. The van der Waals surface area contributed by atoms with Gasteiger partial charge in [-0.15, -0.1) is 0 Å². The Morgan fingerprint density at radius 1 is 1.30 bits per heavy atom. The van der Waals surface area contributed by atoms with Crippen molar-refractivity contribution in [1.29, 1.82) is 0 Å². The van der Waals surface area contributed by atoms with Crippen LogP contribution in [0, 0.1) is 13.0 Å². The number of aromatic hydroxyl groups is 1. The number of rotatable bonds is 4. The number of allylic oxidation sites excluding steroid dienone is 1. The molecule has 6 nitrogen and oxygen atoms in total.